The molecule has 0 aromatic carbocycles. The second-order valence-corrected chi connectivity index (χ2v) is 5.44. The highest BCUT2D eigenvalue weighted by Crippen LogP contribution is 2.33. The van der Waals surface area contributed by atoms with E-state index in [1.54, 1.807) is 25.2 Å². The summed E-state index contributed by atoms with van der Waals surface area (Å²) in [6, 6.07) is 0. The normalized spacial score (nSPS) is 18.5. The Hall–Kier alpha value is -1.01. The van der Waals surface area contributed by atoms with E-state index in [1.807, 2.05) is 0 Å². The van der Waals surface area contributed by atoms with E-state index in [0.717, 1.165) is 54.8 Å². The Kier molecular flexibility index (Phi) is 5.72. The first-order chi connectivity index (χ1) is 9.35. The van der Waals surface area contributed by atoms with E-state index in [1.165, 1.54) is 0 Å². The van der Waals surface area contributed by atoms with Crippen LogP contribution in [0.5, 0.6) is 5.75 Å². The van der Waals surface area contributed by atoms with Crippen LogP contribution in [0.25, 0.3) is 0 Å². The molecule has 1 saturated heterocycles. The van der Waals surface area contributed by atoms with Crippen LogP contribution in [0.3, 0.4) is 0 Å². The maximum Gasteiger partial charge on any atom is 0.193 e. The van der Waals surface area contributed by atoms with Crippen LogP contribution in [0.4, 0.5) is 5.82 Å². The van der Waals surface area contributed by atoms with Crippen molar-refractivity contribution in [2.75, 3.05) is 31.3 Å². The van der Waals surface area contributed by atoms with Crippen LogP contribution in [0.2, 0.25) is 0 Å². The molecule has 0 radical (unpaired) electrons. The van der Waals surface area contributed by atoms with Crippen molar-refractivity contribution < 1.29 is 9.47 Å². The molecule has 1 aliphatic rings. The lowest BCUT2D eigenvalue weighted by Crippen LogP contribution is -2.09. The van der Waals surface area contributed by atoms with E-state index >= 15 is 0 Å². The van der Waals surface area contributed by atoms with Crippen molar-refractivity contribution in [3.05, 3.63) is 6.33 Å². The first-order valence-electron chi connectivity index (χ1n) is 6.72. The summed E-state index contributed by atoms with van der Waals surface area (Å²) in [6.45, 7) is 3.88. The predicted molar refractivity (Wildman–Crippen MR) is 77.1 cm³/mol. The van der Waals surface area contributed by atoms with Crippen LogP contribution in [0.1, 0.15) is 26.2 Å². The number of methoxy groups -OCH3 is 1. The van der Waals surface area contributed by atoms with E-state index < -0.39 is 0 Å². The van der Waals surface area contributed by atoms with Gasteiger partial charge in [0.25, 0.3) is 0 Å². The fraction of sp³-hybridized carbons (Fsp3) is 0.692. The fourth-order valence-corrected chi connectivity index (χ4v) is 3.00. The molecule has 6 heteroatoms. The van der Waals surface area contributed by atoms with Gasteiger partial charge in [0.2, 0.25) is 0 Å². The van der Waals surface area contributed by atoms with E-state index in [0.29, 0.717) is 6.10 Å². The molecular weight excluding hydrogens is 262 g/mol. The molecule has 0 aliphatic carbocycles. The van der Waals surface area contributed by atoms with E-state index in [4.69, 9.17) is 9.47 Å². The summed E-state index contributed by atoms with van der Waals surface area (Å²) in [5, 5.41) is 4.14. The number of aromatic nitrogens is 2. The van der Waals surface area contributed by atoms with Crippen molar-refractivity contribution >= 4 is 17.6 Å². The minimum absolute atomic E-state index is 0.344. The minimum Gasteiger partial charge on any atom is -0.490 e. The first-order valence-corrected chi connectivity index (χ1v) is 7.71. The molecule has 5 nitrogen and oxygen atoms in total. The van der Waals surface area contributed by atoms with Crippen molar-refractivity contribution in [1.29, 1.82) is 0 Å². The van der Waals surface area contributed by atoms with Crippen molar-refractivity contribution in [3.63, 3.8) is 0 Å². The standard InChI is InChI=1S/C13H21N3O2S/c1-3-6-14-12-11(17-2)13(16-9-15-12)19-8-10-5-4-7-18-10/h9-10H,3-8H2,1-2H3,(H,14,15,16). The zero-order chi connectivity index (χ0) is 13.5. The number of thioether (sulfide) groups is 1. The van der Waals surface area contributed by atoms with Crippen LogP contribution in [-0.2, 0) is 4.74 Å². The maximum absolute atomic E-state index is 5.62. The Morgan fingerprint density at radius 2 is 2.42 bits per heavy atom. The number of anilines is 1. The Balaban J connectivity index is 2.01. The third-order valence-corrected chi connectivity index (χ3v) is 4.05. The summed E-state index contributed by atoms with van der Waals surface area (Å²) >= 11 is 1.68. The molecule has 1 aliphatic heterocycles. The highest BCUT2D eigenvalue weighted by atomic mass is 32.2. The fourth-order valence-electron chi connectivity index (χ4n) is 1.96. The van der Waals surface area contributed by atoms with Gasteiger partial charge in [0.1, 0.15) is 11.4 Å². The summed E-state index contributed by atoms with van der Waals surface area (Å²) in [6.07, 6.45) is 5.28. The minimum atomic E-state index is 0.344. The molecule has 1 unspecified atom stereocenters. The van der Waals surface area contributed by atoms with Gasteiger partial charge in [-0.3, -0.25) is 0 Å². The number of rotatable bonds is 7. The highest BCUT2D eigenvalue weighted by molar-refractivity contribution is 7.99. The molecule has 0 saturated carbocycles. The second kappa shape index (κ2) is 7.55. The quantitative estimate of drug-likeness (QED) is 0.613. The molecule has 106 valence electrons. The molecule has 1 aromatic rings. The van der Waals surface area contributed by atoms with Gasteiger partial charge in [-0.25, -0.2) is 9.97 Å². The van der Waals surface area contributed by atoms with Gasteiger partial charge in [-0.05, 0) is 19.3 Å². The molecule has 0 spiro atoms. The number of nitrogens with one attached hydrogen (secondary N) is 1. The molecule has 1 fully saturated rings. The molecular formula is C13H21N3O2S. The Labute approximate surface area is 118 Å². The lowest BCUT2D eigenvalue weighted by atomic mass is 10.3. The summed E-state index contributed by atoms with van der Waals surface area (Å²) in [5.74, 6) is 2.42. The third kappa shape index (κ3) is 3.98. The van der Waals surface area contributed by atoms with E-state index in [2.05, 4.69) is 22.2 Å². The molecule has 1 atom stereocenters. The van der Waals surface area contributed by atoms with Gasteiger partial charge in [-0.2, -0.15) is 0 Å². The number of ether oxygens (including phenoxy) is 2. The van der Waals surface area contributed by atoms with Gasteiger partial charge in [-0.15, -0.1) is 0 Å². The molecule has 2 heterocycles. The topological polar surface area (TPSA) is 56.3 Å². The maximum atomic E-state index is 5.62. The molecule has 1 N–H and O–H groups in total. The van der Waals surface area contributed by atoms with Crippen molar-refractivity contribution in [3.8, 4) is 5.75 Å². The molecule has 0 amide bonds. The summed E-state index contributed by atoms with van der Waals surface area (Å²) in [4.78, 5) is 8.55. The smallest absolute Gasteiger partial charge is 0.193 e. The SMILES string of the molecule is CCCNc1ncnc(SCC2CCCO2)c1OC. The van der Waals surface area contributed by atoms with E-state index in [-0.39, 0.29) is 0 Å². The molecule has 0 bridgehead atoms. The Bertz CT molecular complexity index is 397. The van der Waals surface area contributed by atoms with Crippen LogP contribution in [0.15, 0.2) is 11.4 Å². The second-order valence-electron chi connectivity index (χ2n) is 4.43. The average molecular weight is 283 g/mol. The van der Waals surface area contributed by atoms with E-state index in [9.17, 15) is 0 Å². The molecule has 19 heavy (non-hydrogen) atoms. The zero-order valence-corrected chi connectivity index (χ0v) is 12.3. The first kappa shape index (κ1) is 14.4. The lowest BCUT2D eigenvalue weighted by Gasteiger charge is -2.13. The van der Waals surface area contributed by atoms with Gasteiger partial charge in [0.15, 0.2) is 11.6 Å². The van der Waals surface area contributed by atoms with Crippen molar-refractivity contribution in [2.45, 2.75) is 37.3 Å². The zero-order valence-electron chi connectivity index (χ0n) is 11.5. The molecule has 2 rings (SSSR count). The summed E-state index contributed by atoms with van der Waals surface area (Å²) in [7, 11) is 1.66. The number of nitrogens with zero attached hydrogens (tertiary/aromatic N) is 2. The van der Waals surface area contributed by atoms with Gasteiger partial charge in [0, 0.05) is 18.9 Å². The van der Waals surface area contributed by atoms with Gasteiger partial charge in [-0.1, -0.05) is 18.7 Å². The van der Waals surface area contributed by atoms with Crippen LogP contribution in [0, 0.1) is 0 Å². The lowest BCUT2D eigenvalue weighted by molar-refractivity contribution is 0.129. The van der Waals surface area contributed by atoms with Crippen molar-refractivity contribution in [1.82, 2.24) is 9.97 Å². The molecule has 1 aromatic heterocycles. The van der Waals surface area contributed by atoms with Crippen LogP contribution >= 0.6 is 11.8 Å². The Morgan fingerprint density at radius 3 is 3.11 bits per heavy atom. The van der Waals surface area contributed by atoms with Crippen molar-refractivity contribution in [2.24, 2.45) is 0 Å². The third-order valence-electron chi connectivity index (χ3n) is 2.95. The predicted octanol–water partition coefficient (Wildman–Crippen LogP) is 2.58. The largest absolute Gasteiger partial charge is 0.490 e. The van der Waals surface area contributed by atoms with Crippen LogP contribution < -0.4 is 10.1 Å². The van der Waals surface area contributed by atoms with Gasteiger partial charge in [0.05, 0.1) is 13.2 Å². The Morgan fingerprint density at radius 1 is 1.53 bits per heavy atom. The van der Waals surface area contributed by atoms with Gasteiger partial charge < -0.3 is 14.8 Å². The van der Waals surface area contributed by atoms with Gasteiger partial charge >= 0.3 is 0 Å². The average Bonchev–Trinajstić information content (AvgIpc) is 2.96. The van der Waals surface area contributed by atoms with Crippen LogP contribution in [-0.4, -0.2) is 42.1 Å². The number of hydrogen-bond acceptors (Lipinski definition) is 6. The number of hydrogen-bond donors (Lipinski definition) is 1. The monoisotopic (exact) mass is 283 g/mol. The summed E-state index contributed by atoms with van der Waals surface area (Å²) < 4.78 is 11.1. The summed E-state index contributed by atoms with van der Waals surface area (Å²) in [5.41, 5.74) is 0. The highest BCUT2D eigenvalue weighted by Gasteiger charge is 2.18.